The number of aliphatic hydroxyl groups excluding tert-OH is 1. The first-order chi connectivity index (χ1) is 40.4. The van der Waals surface area contributed by atoms with E-state index >= 15 is 0 Å². The summed E-state index contributed by atoms with van der Waals surface area (Å²) in [4.78, 5) is 143. The van der Waals surface area contributed by atoms with Gasteiger partial charge in [0.15, 0.2) is 61.4 Å². The van der Waals surface area contributed by atoms with Crippen LogP contribution >= 0.6 is 0 Å². The molecule has 0 unspecified atom stereocenters. The number of allylic oxidation sites excluding steroid dienone is 2. The quantitative estimate of drug-likeness (QED) is 0.0701. The molecule has 0 amide bonds. The van der Waals surface area contributed by atoms with Crippen LogP contribution in [0.25, 0.3) is 0 Å². The Morgan fingerprint density at radius 3 is 1.63 bits per heavy atom. The van der Waals surface area contributed by atoms with Crippen LogP contribution in [0.4, 0.5) is 0 Å². The Morgan fingerprint density at radius 1 is 0.575 bits per heavy atom. The average molecular weight is 1240 g/mol. The molecule has 26 nitrogen and oxygen atoms in total. The van der Waals surface area contributed by atoms with Crippen LogP contribution in [-0.4, -0.2) is 177 Å². The molecule has 7 rings (SSSR count). The molecule has 5 aliphatic carbocycles. The van der Waals surface area contributed by atoms with E-state index in [4.69, 9.17) is 66.3 Å². The summed E-state index contributed by atoms with van der Waals surface area (Å²) in [6.45, 7) is 21.0. The molecule has 0 radical (unpaired) electrons. The third kappa shape index (κ3) is 12.9. The Bertz CT molecular complexity index is 2740. The van der Waals surface area contributed by atoms with E-state index in [0.717, 1.165) is 60.5 Å². The molecule has 7 aliphatic rings. The predicted octanol–water partition coefficient (Wildman–Crippen LogP) is 4.20. The molecule has 0 aromatic carbocycles. The second-order valence-corrected chi connectivity index (χ2v) is 26.1. The Hall–Kier alpha value is -6.09. The van der Waals surface area contributed by atoms with Crippen LogP contribution in [0.15, 0.2) is 11.6 Å². The second kappa shape index (κ2) is 25.8. The van der Waals surface area contributed by atoms with Crippen molar-refractivity contribution in [2.75, 3.05) is 20.3 Å². The summed E-state index contributed by atoms with van der Waals surface area (Å²) in [6.07, 6.45) is -17.2. The van der Waals surface area contributed by atoms with Gasteiger partial charge in [-0.1, -0.05) is 53.2 Å². The molecule has 2 saturated heterocycles. The Morgan fingerprint density at radius 2 is 1.09 bits per heavy atom. The van der Waals surface area contributed by atoms with Gasteiger partial charge in [0.2, 0.25) is 0 Å². The monoisotopic (exact) mass is 1230 g/mol. The molecular formula is C61H86O26. The molecule has 0 aromatic heterocycles. The lowest BCUT2D eigenvalue weighted by molar-refractivity contribution is -0.374. The fourth-order valence-corrected chi connectivity index (χ4v) is 16.5. The number of esters is 10. The minimum absolute atomic E-state index is 0.130. The Labute approximate surface area is 505 Å². The van der Waals surface area contributed by atoms with E-state index < -0.39 is 196 Å². The largest absolute Gasteiger partial charge is 0.467 e. The van der Waals surface area contributed by atoms with Gasteiger partial charge < -0.3 is 76.2 Å². The van der Waals surface area contributed by atoms with E-state index in [0.29, 0.717) is 32.1 Å². The van der Waals surface area contributed by atoms with E-state index in [2.05, 4.69) is 26.8 Å². The highest BCUT2D eigenvalue weighted by atomic mass is 16.8. The van der Waals surface area contributed by atoms with Gasteiger partial charge in [0.1, 0.15) is 31.7 Å². The summed E-state index contributed by atoms with van der Waals surface area (Å²) in [5, 5.41) is 13.0. The molecule has 2 heterocycles. The minimum Gasteiger partial charge on any atom is -0.467 e. The summed E-state index contributed by atoms with van der Waals surface area (Å²) in [7, 11) is 1.03. The Kier molecular flexibility index (Phi) is 20.3. The van der Waals surface area contributed by atoms with Crippen LogP contribution < -0.4 is 0 Å². The third-order valence-electron chi connectivity index (χ3n) is 20.2. The Balaban J connectivity index is 1.31. The van der Waals surface area contributed by atoms with Crippen molar-refractivity contribution in [1.29, 1.82) is 0 Å². The molecule has 26 heteroatoms. The number of methoxy groups -OCH3 is 1. The van der Waals surface area contributed by atoms with Crippen LogP contribution in [0.5, 0.6) is 0 Å². The standard InChI is InChI=1S/C61H86O26/c1-28(63)75-25-39-44(77-30(3)65)45(78-31(4)66)49(81-34(7)69)54(84-39)87-50-47(80-33(6)68)46(79-32(5)67)48(53(73)74-16)86-55(50)85-43-20-21-57(12)40(58(43,13)26-62)19-22-59(14)41(57)18-17-37-38-23-56(10,11)51(82-35(8)70)52(83-36(9)71)61(38,27-76-29(2)64)42(72)24-60(37,59)15/h17,26,38-52,54-55,72H,18-25,27H2,1-16H3/t38-,39+,40+,41+,42+,43-,44-,45-,46-,47-,48-,49+,50+,51-,52-,54-,55+,57-,58-,59+,60+,61-/m0/s1. The highest BCUT2D eigenvalue weighted by Gasteiger charge is 2.75. The van der Waals surface area contributed by atoms with Gasteiger partial charge in [0.25, 0.3) is 0 Å². The molecule has 6 fully saturated rings. The third-order valence-corrected chi connectivity index (χ3v) is 20.2. The number of rotatable bonds is 17. The van der Waals surface area contributed by atoms with Gasteiger partial charge in [0, 0.05) is 67.7 Å². The molecule has 0 bridgehead atoms. The van der Waals surface area contributed by atoms with Crippen molar-refractivity contribution < 1.29 is 124 Å². The summed E-state index contributed by atoms with van der Waals surface area (Å²) >= 11 is 0. The van der Waals surface area contributed by atoms with Crippen molar-refractivity contribution in [3.05, 3.63) is 11.6 Å². The normalized spacial score (nSPS) is 40.8. The molecule has 2 aliphatic heterocycles. The highest BCUT2D eigenvalue weighted by molar-refractivity contribution is 5.77. The van der Waals surface area contributed by atoms with Crippen LogP contribution in [0.2, 0.25) is 0 Å². The van der Waals surface area contributed by atoms with Gasteiger partial charge in [-0.25, -0.2) is 4.79 Å². The maximum Gasteiger partial charge on any atom is 0.339 e. The predicted molar refractivity (Wildman–Crippen MR) is 293 cm³/mol. The van der Waals surface area contributed by atoms with Crippen LogP contribution in [0.3, 0.4) is 0 Å². The molecular weight excluding hydrogens is 1150 g/mol. The highest BCUT2D eigenvalue weighted by Crippen LogP contribution is 2.76. The zero-order valence-corrected chi connectivity index (χ0v) is 52.5. The van der Waals surface area contributed by atoms with E-state index in [1.165, 1.54) is 20.8 Å². The number of ether oxygens (including phenoxy) is 14. The van der Waals surface area contributed by atoms with Crippen LogP contribution in [0.1, 0.15) is 149 Å². The van der Waals surface area contributed by atoms with Crippen molar-refractivity contribution in [2.24, 2.45) is 50.2 Å². The van der Waals surface area contributed by atoms with Gasteiger partial charge in [-0.15, -0.1) is 0 Å². The summed E-state index contributed by atoms with van der Waals surface area (Å²) in [5.41, 5.74) is -4.67. The lowest BCUT2D eigenvalue weighted by Crippen LogP contribution is -2.73. The zero-order valence-electron chi connectivity index (χ0n) is 52.5. The summed E-state index contributed by atoms with van der Waals surface area (Å²) in [5.74, 6) is -9.80. The number of hydrogen-bond donors (Lipinski definition) is 1. The first-order valence-electron chi connectivity index (χ1n) is 29.5. The molecule has 0 spiro atoms. The molecule has 0 aromatic rings. The summed E-state index contributed by atoms with van der Waals surface area (Å²) < 4.78 is 83.1. The zero-order chi connectivity index (χ0) is 64.8. The van der Waals surface area contributed by atoms with Crippen molar-refractivity contribution >= 4 is 66.0 Å². The molecule has 486 valence electrons. The molecule has 87 heavy (non-hydrogen) atoms. The average Bonchev–Trinajstić information content (AvgIpc) is 0.674. The van der Waals surface area contributed by atoms with Crippen LogP contribution in [-0.2, 0) is 119 Å². The SMILES string of the molecule is COC(=O)[C@H]1O[C@@H](O[C@H]2CC[C@]3(C)[C@H]4CC=C5[C@@H]6CC(C)(C)[C@@H](OC(C)=O)[C@H](OC(C)=O)[C@]6(COC(C)=O)[C@H](O)C[C@@]5(C)[C@]4(C)CC[C@H]3[C@]2(C)C=O)[C@H](O[C@@H]2O[C@H](COC(C)=O)[C@H](OC(C)=O)[C@H](OC(C)=O)[C@H]2OC(C)=O)[C@@H](OC(C)=O)[C@@H]1OC(C)=O. The number of carbonyl (C=O) groups excluding carboxylic acids is 11. The lowest BCUT2D eigenvalue weighted by atomic mass is 9.33. The van der Waals surface area contributed by atoms with Gasteiger partial charge >= 0.3 is 59.7 Å². The van der Waals surface area contributed by atoms with Crippen LogP contribution in [0, 0.1) is 50.2 Å². The van der Waals surface area contributed by atoms with Gasteiger partial charge in [-0.05, 0) is 78.9 Å². The molecule has 4 saturated carbocycles. The van der Waals surface area contributed by atoms with E-state index in [9.17, 15) is 57.8 Å². The van der Waals surface area contributed by atoms with Crippen molar-refractivity contribution in [3.63, 3.8) is 0 Å². The number of aldehydes is 1. The smallest absolute Gasteiger partial charge is 0.339 e. The van der Waals surface area contributed by atoms with E-state index in [1.807, 2.05) is 13.8 Å². The summed E-state index contributed by atoms with van der Waals surface area (Å²) in [6, 6.07) is 0. The maximum atomic E-state index is 14.3. The first-order valence-corrected chi connectivity index (χ1v) is 29.5. The van der Waals surface area contributed by atoms with Gasteiger partial charge in [-0.2, -0.15) is 0 Å². The van der Waals surface area contributed by atoms with Crippen molar-refractivity contribution in [1.82, 2.24) is 0 Å². The number of aliphatic hydroxyl groups is 1. The lowest BCUT2D eigenvalue weighted by Gasteiger charge is -2.72. The van der Waals surface area contributed by atoms with Crippen molar-refractivity contribution in [3.8, 4) is 0 Å². The van der Waals surface area contributed by atoms with E-state index in [1.54, 1.807) is 6.92 Å². The van der Waals surface area contributed by atoms with Gasteiger partial charge in [0.05, 0.1) is 30.1 Å². The molecule has 1 N–H and O–H groups in total. The first kappa shape index (κ1) is 68.4. The number of fused-ring (bicyclic) bond motifs is 7. The molecule has 22 atom stereocenters. The fraction of sp³-hybridized carbons (Fsp3) is 0.787. The number of hydrogen-bond acceptors (Lipinski definition) is 26. The topological polar surface area (TPSA) is 337 Å². The minimum atomic E-state index is -1.97. The fourth-order valence-electron chi connectivity index (χ4n) is 16.5. The maximum absolute atomic E-state index is 14.3. The van der Waals surface area contributed by atoms with Gasteiger partial charge in [-0.3, -0.25) is 43.2 Å². The second-order valence-electron chi connectivity index (χ2n) is 26.1. The number of carbonyl (C=O) groups is 11. The van der Waals surface area contributed by atoms with Crippen molar-refractivity contribution in [2.45, 2.75) is 235 Å². The van der Waals surface area contributed by atoms with E-state index in [-0.39, 0.29) is 25.4 Å².